The summed E-state index contributed by atoms with van der Waals surface area (Å²) in [6, 6.07) is 5.52. The van der Waals surface area contributed by atoms with Gasteiger partial charge < -0.3 is 19.6 Å². The van der Waals surface area contributed by atoms with Crippen LogP contribution in [0.4, 0.5) is 0 Å². The van der Waals surface area contributed by atoms with Crippen LogP contribution in [0.2, 0.25) is 0 Å². The number of aromatic amines is 1. The molecule has 0 fully saturated rings. The van der Waals surface area contributed by atoms with Gasteiger partial charge >= 0.3 is 5.97 Å². The molecule has 0 saturated heterocycles. The number of H-pyrrole nitrogens is 1. The number of ether oxygens (including phenoxy) is 2. The van der Waals surface area contributed by atoms with Crippen molar-refractivity contribution < 1.29 is 19.4 Å². The SMILES string of the molecule is COc1ccc(Cc2ncc(C(=O)O)[nH]2)cc1OC. The van der Waals surface area contributed by atoms with Crippen LogP contribution in [0.5, 0.6) is 11.5 Å². The summed E-state index contributed by atoms with van der Waals surface area (Å²) in [4.78, 5) is 17.5. The van der Waals surface area contributed by atoms with Crippen LogP contribution >= 0.6 is 0 Å². The summed E-state index contributed by atoms with van der Waals surface area (Å²) in [5, 5.41) is 8.81. The highest BCUT2D eigenvalue weighted by atomic mass is 16.5. The minimum atomic E-state index is -1.02. The average molecular weight is 262 g/mol. The molecular formula is C13H14N2O4. The molecule has 0 radical (unpaired) electrons. The number of benzene rings is 1. The summed E-state index contributed by atoms with van der Waals surface area (Å²) in [6.45, 7) is 0. The molecule has 2 rings (SSSR count). The van der Waals surface area contributed by atoms with Crippen LogP contribution in [0, 0.1) is 0 Å². The lowest BCUT2D eigenvalue weighted by Crippen LogP contribution is -1.98. The molecule has 100 valence electrons. The van der Waals surface area contributed by atoms with Gasteiger partial charge in [-0.3, -0.25) is 0 Å². The van der Waals surface area contributed by atoms with Crippen molar-refractivity contribution in [1.82, 2.24) is 9.97 Å². The number of hydrogen-bond donors (Lipinski definition) is 2. The fourth-order valence-corrected chi connectivity index (χ4v) is 1.74. The molecule has 0 atom stereocenters. The minimum absolute atomic E-state index is 0.0791. The van der Waals surface area contributed by atoms with Gasteiger partial charge in [0.25, 0.3) is 0 Å². The van der Waals surface area contributed by atoms with Gasteiger partial charge in [-0.15, -0.1) is 0 Å². The van der Waals surface area contributed by atoms with Crippen molar-refractivity contribution in [2.24, 2.45) is 0 Å². The van der Waals surface area contributed by atoms with Crippen LogP contribution in [0.1, 0.15) is 21.9 Å². The maximum atomic E-state index is 10.7. The van der Waals surface area contributed by atoms with Gasteiger partial charge in [0.05, 0.1) is 20.4 Å². The maximum absolute atomic E-state index is 10.7. The monoisotopic (exact) mass is 262 g/mol. The van der Waals surface area contributed by atoms with Crippen LogP contribution in [0.25, 0.3) is 0 Å². The van der Waals surface area contributed by atoms with E-state index < -0.39 is 5.97 Å². The normalized spacial score (nSPS) is 10.2. The van der Waals surface area contributed by atoms with Crippen molar-refractivity contribution in [2.75, 3.05) is 14.2 Å². The Morgan fingerprint density at radius 1 is 1.32 bits per heavy atom. The third kappa shape index (κ3) is 2.85. The highest BCUT2D eigenvalue weighted by Gasteiger charge is 2.09. The zero-order valence-electron chi connectivity index (χ0n) is 10.6. The third-order valence-corrected chi connectivity index (χ3v) is 2.68. The zero-order chi connectivity index (χ0) is 13.8. The highest BCUT2D eigenvalue weighted by molar-refractivity contribution is 5.85. The number of imidazole rings is 1. The fraction of sp³-hybridized carbons (Fsp3) is 0.231. The first-order valence-electron chi connectivity index (χ1n) is 5.62. The van der Waals surface area contributed by atoms with Crippen molar-refractivity contribution in [2.45, 2.75) is 6.42 Å². The predicted molar refractivity (Wildman–Crippen MR) is 67.9 cm³/mol. The van der Waals surface area contributed by atoms with Crippen LogP contribution in [0.15, 0.2) is 24.4 Å². The number of aromatic carboxylic acids is 1. The molecule has 2 N–H and O–H groups in total. The van der Waals surface area contributed by atoms with E-state index in [2.05, 4.69) is 9.97 Å². The molecule has 19 heavy (non-hydrogen) atoms. The Hall–Kier alpha value is -2.50. The van der Waals surface area contributed by atoms with Gasteiger partial charge in [-0.1, -0.05) is 6.07 Å². The first kappa shape index (κ1) is 12.9. The summed E-state index contributed by atoms with van der Waals surface area (Å²) in [6.07, 6.45) is 1.80. The first-order chi connectivity index (χ1) is 9.13. The maximum Gasteiger partial charge on any atom is 0.353 e. The molecule has 0 bridgehead atoms. The molecule has 0 spiro atoms. The number of rotatable bonds is 5. The molecule has 0 aliphatic carbocycles. The molecule has 0 aliphatic rings. The first-order valence-corrected chi connectivity index (χ1v) is 5.62. The summed E-state index contributed by atoms with van der Waals surface area (Å²) in [7, 11) is 3.14. The van der Waals surface area contributed by atoms with E-state index in [0.29, 0.717) is 23.7 Å². The van der Waals surface area contributed by atoms with E-state index in [1.54, 1.807) is 20.3 Å². The van der Waals surface area contributed by atoms with Crippen LogP contribution in [-0.2, 0) is 6.42 Å². The van der Waals surface area contributed by atoms with Crippen molar-refractivity contribution in [3.8, 4) is 11.5 Å². The van der Waals surface area contributed by atoms with E-state index in [0.717, 1.165) is 5.56 Å². The van der Waals surface area contributed by atoms with E-state index in [9.17, 15) is 4.79 Å². The molecule has 0 unspecified atom stereocenters. The van der Waals surface area contributed by atoms with Gasteiger partial charge in [-0.2, -0.15) is 0 Å². The van der Waals surface area contributed by atoms with Gasteiger partial charge in [0, 0.05) is 6.42 Å². The number of carboxylic acid groups (broad SMARTS) is 1. The Morgan fingerprint density at radius 2 is 2.05 bits per heavy atom. The molecule has 1 aromatic carbocycles. The lowest BCUT2D eigenvalue weighted by atomic mass is 10.1. The number of aromatic nitrogens is 2. The summed E-state index contributed by atoms with van der Waals surface area (Å²) < 4.78 is 10.4. The third-order valence-electron chi connectivity index (χ3n) is 2.68. The summed E-state index contributed by atoms with van der Waals surface area (Å²) in [5.74, 6) is 0.845. The lowest BCUT2D eigenvalue weighted by Gasteiger charge is -2.08. The van der Waals surface area contributed by atoms with E-state index in [1.807, 2.05) is 12.1 Å². The average Bonchev–Trinajstić information content (AvgIpc) is 2.87. The number of carbonyl (C=O) groups is 1. The second-order valence-corrected chi connectivity index (χ2v) is 3.91. The number of hydrogen-bond acceptors (Lipinski definition) is 4. The topological polar surface area (TPSA) is 84.4 Å². The molecule has 2 aromatic rings. The van der Waals surface area contributed by atoms with Crippen molar-refractivity contribution in [3.63, 3.8) is 0 Å². The standard InChI is InChI=1S/C13H14N2O4/c1-18-10-4-3-8(5-11(10)19-2)6-12-14-7-9(15-12)13(16)17/h3-5,7H,6H2,1-2H3,(H,14,15)(H,16,17). The Morgan fingerprint density at radius 3 is 2.63 bits per heavy atom. The van der Waals surface area contributed by atoms with Gasteiger partial charge in [-0.05, 0) is 17.7 Å². The molecule has 6 nitrogen and oxygen atoms in total. The Bertz CT molecular complexity index is 592. The number of methoxy groups -OCH3 is 2. The second kappa shape index (κ2) is 5.43. The fourth-order valence-electron chi connectivity index (χ4n) is 1.74. The number of carboxylic acids is 1. The molecular weight excluding hydrogens is 248 g/mol. The molecule has 0 aliphatic heterocycles. The molecule has 1 aromatic heterocycles. The smallest absolute Gasteiger partial charge is 0.353 e. The number of nitrogens with one attached hydrogen (secondary N) is 1. The Labute approximate surface area is 110 Å². The van der Waals surface area contributed by atoms with Gasteiger partial charge in [-0.25, -0.2) is 9.78 Å². The second-order valence-electron chi connectivity index (χ2n) is 3.91. The van der Waals surface area contributed by atoms with Crippen molar-refractivity contribution >= 4 is 5.97 Å². The highest BCUT2D eigenvalue weighted by Crippen LogP contribution is 2.28. The van der Waals surface area contributed by atoms with Crippen LogP contribution in [0.3, 0.4) is 0 Å². The molecule has 6 heteroatoms. The van der Waals surface area contributed by atoms with Gasteiger partial charge in [0.2, 0.25) is 0 Å². The Balaban J connectivity index is 2.20. The molecule has 1 heterocycles. The van der Waals surface area contributed by atoms with E-state index in [-0.39, 0.29) is 5.69 Å². The lowest BCUT2D eigenvalue weighted by molar-refractivity contribution is 0.0691. The molecule has 0 saturated carbocycles. The van der Waals surface area contributed by atoms with Crippen LogP contribution < -0.4 is 9.47 Å². The number of nitrogens with zero attached hydrogens (tertiary/aromatic N) is 1. The molecule has 0 amide bonds. The minimum Gasteiger partial charge on any atom is -0.493 e. The van der Waals surface area contributed by atoms with Crippen molar-refractivity contribution in [1.29, 1.82) is 0 Å². The zero-order valence-corrected chi connectivity index (χ0v) is 10.6. The van der Waals surface area contributed by atoms with Gasteiger partial charge in [0.1, 0.15) is 11.5 Å². The van der Waals surface area contributed by atoms with Crippen LogP contribution in [-0.4, -0.2) is 35.3 Å². The van der Waals surface area contributed by atoms with E-state index in [1.165, 1.54) is 6.20 Å². The van der Waals surface area contributed by atoms with E-state index >= 15 is 0 Å². The summed E-state index contributed by atoms with van der Waals surface area (Å²) >= 11 is 0. The van der Waals surface area contributed by atoms with Gasteiger partial charge in [0.15, 0.2) is 11.5 Å². The quantitative estimate of drug-likeness (QED) is 0.857. The summed E-state index contributed by atoms with van der Waals surface area (Å²) in [5.41, 5.74) is 1.03. The van der Waals surface area contributed by atoms with E-state index in [4.69, 9.17) is 14.6 Å². The predicted octanol–water partition coefficient (Wildman–Crippen LogP) is 1.72. The largest absolute Gasteiger partial charge is 0.493 e. The van der Waals surface area contributed by atoms with Crippen molar-refractivity contribution in [3.05, 3.63) is 41.5 Å². The Kier molecular flexibility index (Phi) is 3.70.